The van der Waals surface area contributed by atoms with Gasteiger partial charge in [-0.05, 0) is 7.05 Å². The SMILES string of the molecule is CN.N.O.O. The van der Waals surface area contributed by atoms with E-state index in [2.05, 4.69) is 5.73 Å². The van der Waals surface area contributed by atoms with E-state index in [1.165, 1.54) is 7.05 Å². The molecular formula is CH12N2O2. The molecule has 0 aliphatic heterocycles. The molecule has 0 atom stereocenters. The van der Waals surface area contributed by atoms with Crippen molar-refractivity contribution >= 4 is 0 Å². The molecule has 0 spiro atoms. The lowest BCUT2D eigenvalue weighted by molar-refractivity contribution is 0.823. The van der Waals surface area contributed by atoms with Crippen molar-refractivity contribution in [2.24, 2.45) is 5.73 Å². The largest absolute Gasteiger partial charge is 0.412 e. The van der Waals surface area contributed by atoms with Gasteiger partial charge in [0, 0.05) is 0 Å². The van der Waals surface area contributed by atoms with Crippen molar-refractivity contribution in [3.8, 4) is 0 Å². The summed E-state index contributed by atoms with van der Waals surface area (Å²) in [5.41, 5.74) is 4.50. The summed E-state index contributed by atoms with van der Waals surface area (Å²) in [6.45, 7) is 0. The Morgan fingerprint density at radius 2 is 1.00 bits per heavy atom. The van der Waals surface area contributed by atoms with Gasteiger partial charge in [-0.2, -0.15) is 0 Å². The van der Waals surface area contributed by atoms with Crippen LogP contribution in [0.1, 0.15) is 0 Å². The second kappa shape index (κ2) is 1210. The number of nitrogens with two attached hydrogens (primary N) is 1. The van der Waals surface area contributed by atoms with Crippen molar-refractivity contribution in [3.05, 3.63) is 0 Å². The molecule has 0 rings (SSSR count). The molecule has 0 amide bonds. The molecule has 0 unspecified atom stereocenters. The zero-order valence-electron chi connectivity index (χ0n) is 3.28. The van der Waals surface area contributed by atoms with Crippen molar-refractivity contribution in [1.29, 1.82) is 0 Å². The fraction of sp³-hybridized carbons (Fsp3) is 1.00. The van der Waals surface area contributed by atoms with E-state index >= 15 is 0 Å². The van der Waals surface area contributed by atoms with Gasteiger partial charge in [-0.1, -0.05) is 0 Å². The monoisotopic (exact) mass is 84.1 g/mol. The summed E-state index contributed by atoms with van der Waals surface area (Å²) in [4.78, 5) is 0. The Morgan fingerprint density at radius 1 is 1.00 bits per heavy atom. The van der Waals surface area contributed by atoms with Crippen LogP contribution >= 0.6 is 0 Å². The topological polar surface area (TPSA) is 124 Å². The summed E-state index contributed by atoms with van der Waals surface area (Å²) in [5, 5.41) is 0. The lowest BCUT2D eigenvalue weighted by Gasteiger charge is -1.19. The van der Waals surface area contributed by atoms with Crippen LogP contribution in [-0.2, 0) is 0 Å². The third kappa shape index (κ3) is 508. The van der Waals surface area contributed by atoms with E-state index in [0.717, 1.165) is 0 Å². The molecule has 0 aromatic rings. The van der Waals surface area contributed by atoms with Crippen LogP contribution in [0.15, 0.2) is 0 Å². The maximum absolute atomic E-state index is 4.50. The molecule has 0 saturated heterocycles. The van der Waals surface area contributed by atoms with E-state index < -0.39 is 0 Å². The molecule has 4 heteroatoms. The first-order valence-corrected chi connectivity index (χ1v) is 0.577. The van der Waals surface area contributed by atoms with Gasteiger partial charge in [-0.3, -0.25) is 0 Å². The van der Waals surface area contributed by atoms with Crippen LogP contribution in [0.2, 0.25) is 0 Å². The van der Waals surface area contributed by atoms with Crippen LogP contribution in [0, 0.1) is 0 Å². The van der Waals surface area contributed by atoms with Gasteiger partial charge in [0.05, 0.1) is 0 Å². The predicted molar refractivity (Wildman–Crippen MR) is 22.4 cm³/mol. The van der Waals surface area contributed by atoms with Crippen molar-refractivity contribution in [3.63, 3.8) is 0 Å². The molecule has 0 saturated carbocycles. The first-order chi connectivity index (χ1) is 1.00. The van der Waals surface area contributed by atoms with Gasteiger partial charge in [0.25, 0.3) is 0 Å². The Hall–Kier alpha value is -0.160. The van der Waals surface area contributed by atoms with E-state index in [9.17, 15) is 0 Å². The van der Waals surface area contributed by atoms with Gasteiger partial charge in [-0.25, -0.2) is 0 Å². The van der Waals surface area contributed by atoms with E-state index in [4.69, 9.17) is 0 Å². The van der Waals surface area contributed by atoms with E-state index in [0.29, 0.717) is 0 Å². The van der Waals surface area contributed by atoms with E-state index in [1.807, 2.05) is 0 Å². The Kier molecular flexibility index (Phi) is 24500. The van der Waals surface area contributed by atoms with E-state index in [-0.39, 0.29) is 17.1 Å². The number of hydrogen-bond donors (Lipinski definition) is 2. The molecule has 0 aromatic carbocycles. The molecule has 0 bridgehead atoms. The standard InChI is InChI=1S/CH5N.H3N.2H2O/c1-2;;;/h2H2,1H3;1H3;2*1H2. The number of rotatable bonds is 0. The Morgan fingerprint density at radius 3 is 1.00 bits per heavy atom. The molecule has 0 heterocycles. The third-order valence-corrected chi connectivity index (χ3v) is 0. The smallest absolute Gasteiger partial charge is 0.0195 e. The maximum atomic E-state index is 4.50. The predicted octanol–water partition coefficient (Wildman–Crippen LogP) is -1.91. The second-order valence-electron chi connectivity index (χ2n) is 0. The second-order valence-corrected chi connectivity index (χ2v) is 0. The normalized spacial score (nSPS) is 1.20. The fourth-order valence-electron chi connectivity index (χ4n) is 0. The summed E-state index contributed by atoms with van der Waals surface area (Å²) in [5.74, 6) is 0. The van der Waals surface area contributed by atoms with Gasteiger partial charge in [0.15, 0.2) is 0 Å². The molecule has 0 fully saturated rings. The quantitative estimate of drug-likeness (QED) is 0.355. The highest BCUT2D eigenvalue weighted by Crippen LogP contribution is 0.469. The van der Waals surface area contributed by atoms with Gasteiger partial charge < -0.3 is 22.8 Å². The van der Waals surface area contributed by atoms with Crippen LogP contribution in [0.3, 0.4) is 0 Å². The lowest BCUT2D eigenvalue weighted by Crippen LogP contribution is -1.69. The van der Waals surface area contributed by atoms with Crippen molar-refractivity contribution < 1.29 is 11.0 Å². The Bertz CT molecular complexity index is 7.61. The van der Waals surface area contributed by atoms with Crippen LogP contribution in [-0.4, -0.2) is 18.0 Å². The summed E-state index contributed by atoms with van der Waals surface area (Å²) in [6.07, 6.45) is 0. The molecule has 0 aliphatic rings. The van der Waals surface area contributed by atoms with Gasteiger partial charge >= 0.3 is 0 Å². The highest BCUT2D eigenvalue weighted by molar-refractivity contribution is 3.54. The maximum Gasteiger partial charge on any atom is -0.0195 e. The summed E-state index contributed by atoms with van der Waals surface area (Å²) < 4.78 is 0. The molecule has 0 aromatic heterocycles. The highest BCUT2D eigenvalue weighted by Gasteiger charge is 0.836. The Labute approximate surface area is 31.2 Å². The summed E-state index contributed by atoms with van der Waals surface area (Å²) in [6, 6.07) is 0. The van der Waals surface area contributed by atoms with Gasteiger partial charge in [-0.15, -0.1) is 0 Å². The van der Waals surface area contributed by atoms with Gasteiger partial charge in [0.1, 0.15) is 0 Å². The molecule has 0 aliphatic carbocycles. The zero-order chi connectivity index (χ0) is 2.00. The van der Waals surface area contributed by atoms with Crippen molar-refractivity contribution in [2.45, 2.75) is 0 Å². The minimum Gasteiger partial charge on any atom is -0.412 e. The van der Waals surface area contributed by atoms with Crippen LogP contribution in [0.25, 0.3) is 0 Å². The minimum absolute atomic E-state index is 0. The third-order valence-electron chi connectivity index (χ3n) is 0. The lowest BCUT2D eigenvalue weighted by atomic mass is 11.6. The molecule has 5 heavy (non-hydrogen) atoms. The summed E-state index contributed by atoms with van der Waals surface area (Å²) in [7, 11) is 1.50. The average molecular weight is 84.1 g/mol. The highest BCUT2D eigenvalue weighted by atomic mass is 16.0. The van der Waals surface area contributed by atoms with E-state index in [1.54, 1.807) is 0 Å². The fourth-order valence-corrected chi connectivity index (χ4v) is 0. The first-order valence-electron chi connectivity index (χ1n) is 0.577. The van der Waals surface area contributed by atoms with Crippen molar-refractivity contribution in [2.75, 3.05) is 7.05 Å². The molecular weight excluding hydrogens is 72.0 g/mol. The number of hydrogen-bond acceptors (Lipinski definition) is 2. The summed E-state index contributed by atoms with van der Waals surface area (Å²) >= 11 is 0. The van der Waals surface area contributed by atoms with Crippen LogP contribution < -0.4 is 11.9 Å². The average Bonchev–Trinajstić information content (AvgIpc) is 1.00. The molecule has 9 N–H and O–H groups in total. The first kappa shape index (κ1) is 101. The molecule has 0 radical (unpaired) electrons. The van der Waals surface area contributed by atoms with Crippen LogP contribution in [0.4, 0.5) is 0 Å². The zero-order valence-corrected chi connectivity index (χ0v) is 3.28. The van der Waals surface area contributed by atoms with Gasteiger partial charge in [0.2, 0.25) is 0 Å². The molecule has 38 valence electrons. The Balaban J connectivity index is -0.00000000167. The van der Waals surface area contributed by atoms with Crippen LogP contribution in [0.5, 0.6) is 0 Å². The molecule has 4 nitrogen and oxygen atoms in total. The van der Waals surface area contributed by atoms with Crippen molar-refractivity contribution in [1.82, 2.24) is 6.15 Å². The minimum atomic E-state index is 0.